The molecule has 0 aromatic carbocycles. The maximum absolute atomic E-state index is 12.6. The largest absolute Gasteiger partial charge is 0.342 e. The third-order valence-corrected chi connectivity index (χ3v) is 3.82. The number of hydrogen-bond acceptors (Lipinski definition) is 2. The predicted octanol–water partition coefficient (Wildman–Crippen LogP) is 1.55. The van der Waals surface area contributed by atoms with E-state index in [1.165, 1.54) is 0 Å². The summed E-state index contributed by atoms with van der Waals surface area (Å²) in [6, 6.07) is -0.595. The Labute approximate surface area is 109 Å². The Kier molecular flexibility index (Phi) is 3.39. The second-order valence-corrected chi connectivity index (χ2v) is 6.62. The highest BCUT2D eigenvalue weighted by Crippen LogP contribution is 2.38. The normalized spacial score (nSPS) is 29.4. The summed E-state index contributed by atoms with van der Waals surface area (Å²) in [5.74, 6) is 0.535. The Morgan fingerprint density at radius 3 is 2.33 bits per heavy atom. The van der Waals surface area contributed by atoms with E-state index in [4.69, 9.17) is 0 Å². The first kappa shape index (κ1) is 13.4. The van der Waals surface area contributed by atoms with Crippen LogP contribution in [-0.2, 0) is 9.59 Å². The van der Waals surface area contributed by atoms with E-state index in [-0.39, 0.29) is 29.3 Å². The van der Waals surface area contributed by atoms with Gasteiger partial charge in [-0.1, -0.05) is 27.7 Å². The number of hydrogen-bond donors (Lipinski definition) is 1. The summed E-state index contributed by atoms with van der Waals surface area (Å²) in [5.41, 5.74) is -0.229. The Morgan fingerprint density at radius 1 is 1.28 bits per heavy atom. The van der Waals surface area contributed by atoms with Crippen LogP contribution in [0.25, 0.3) is 0 Å². The number of nitrogens with zero attached hydrogens (tertiary/aromatic N) is 1. The molecule has 1 aliphatic heterocycles. The van der Waals surface area contributed by atoms with Crippen LogP contribution in [0.1, 0.15) is 47.0 Å². The third kappa shape index (κ3) is 2.38. The molecular weight excluding hydrogens is 228 g/mol. The predicted molar refractivity (Wildman–Crippen MR) is 69.9 cm³/mol. The average Bonchev–Trinajstić information content (AvgIpc) is 3.05. The molecule has 1 saturated carbocycles. The van der Waals surface area contributed by atoms with Gasteiger partial charge in [-0.15, -0.1) is 0 Å². The van der Waals surface area contributed by atoms with Gasteiger partial charge < -0.3 is 10.2 Å². The smallest absolute Gasteiger partial charge is 0.246 e. The van der Waals surface area contributed by atoms with Crippen LogP contribution < -0.4 is 5.32 Å². The van der Waals surface area contributed by atoms with E-state index in [0.717, 1.165) is 19.3 Å². The summed E-state index contributed by atoms with van der Waals surface area (Å²) in [6.07, 6.45) is 3.05. The van der Waals surface area contributed by atoms with Gasteiger partial charge >= 0.3 is 0 Å². The minimum Gasteiger partial charge on any atom is -0.342 e. The molecule has 1 heterocycles. The number of rotatable bonds is 3. The van der Waals surface area contributed by atoms with Crippen molar-refractivity contribution in [2.75, 3.05) is 6.54 Å². The van der Waals surface area contributed by atoms with Crippen LogP contribution in [0.15, 0.2) is 0 Å². The maximum Gasteiger partial charge on any atom is 0.246 e. The summed E-state index contributed by atoms with van der Waals surface area (Å²) in [7, 11) is 0. The average molecular weight is 252 g/mol. The van der Waals surface area contributed by atoms with Gasteiger partial charge in [0.05, 0.1) is 0 Å². The van der Waals surface area contributed by atoms with Crippen LogP contribution in [-0.4, -0.2) is 35.3 Å². The molecule has 0 spiro atoms. The van der Waals surface area contributed by atoms with Gasteiger partial charge in [-0.25, -0.2) is 0 Å². The van der Waals surface area contributed by atoms with Crippen molar-refractivity contribution in [1.82, 2.24) is 10.2 Å². The van der Waals surface area contributed by atoms with E-state index in [0.29, 0.717) is 12.5 Å². The number of piperazine rings is 1. The van der Waals surface area contributed by atoms with Crippen molar-refractivity contribution in [2.45, 2.75) is 59.0 Å². The standard InChI is InChI=1S/C14H24N2O2/c1-5-8-16-10(9-6-7-9)12(17)15-11(13(16)18)14(2,3)4/h9-11H,5-8H2,1-4H3,(H,15,17). The van der Waals surface area contributed by atoms with Crippen molar-refractivity contribution in [3.05, 3.63) is 0 Å². The summed E-state index contributed by atoms with van der Waals surface area (Å²) >= 11 is 0. The minimum atomic E-state index is -0.383. The third-order valence-electron chi connectivity index (χ3n) is 3.82. The second-order valence-electron chi connectivity index (χ2n) is 6.62. The fourth-order valence-corrected chi connectivity index (χ4v) is 2.69. The SMILES string of the molecule is CCCN1C(=O)C(C(C)(C)C)NC(=O)C1C1CC1. The van der Waals surface area contributed by atoms with Crippen molar-refractivity contribution in [1.29, 1.82) is 0 Å². The van der Waals surface area contributed by atoms with Crippen molar-refractivity contribution >= 4 is 11.8 Å². The number of nitrogens with one attached hydrogen (secondary N) is 1. The fraction of sp³-hybridized carbons (Fsp3) is 0.857. The van der Waals surface area contributed by atoms with Gasteiger partial charge in [0.15, 0.2) is 0 Å². The topological polar surface area (TPSA) is 49.4 Å². The summed E-state index contributed by atoms with van der Waals surface area (Å²) in [4.78, 5) is 26.6. The van der Waals surface area contributed by atoms with Crippen molar-refractivity contribution in [3.8, 4) is 0 Å². The van der Waals surface area contributed by atoms with E-state index in [1.807, 2.05) is 25.7 Å². The molecule has 1 saturated heterocycles. The Hall–Kier alpha value is -1.06. The van der Waals surface area contributed by atoms with Gasteiger partial charge in [-0.3, -0.25) is 9.59 Å². The molecule has 2 aliphatic rings. The molecule has 2 rings (SSSR count). The zero-order chi connectivity index (χ0) is 13.5. The Bertz CT molecular complexity index is 355. The first-order valence-electron chi connectivity index (χ1n) is 6.97. The van der Waals surface area contributed by atoms with Gasteiger partial charge in [0.25, 0.3) is 0 Å². The molecule has 102 valence electrons. The lowest BCUT2D eigenvalue weighted by Gasteiger charge is -2.43. The van der Waals surface area contributed by atoms with E-state index in [9.17, 15) is 9.59 Å². The summed E-state index contributed by atoms with van der Waals surface area (Å²) in [6.45, 7) is 8.74. The van der Waals surface area contributed by atoms with Crippen LogP contribution in [0.4, 0.5) is 0 Å². The van der Waals surface area contributed by atoms with E-state index >= 15 is 0 Å². The van der Waals surface area contributed by atoms with Crippen LogP contribution in [0.2, 0.25) is 0 Å². The molecule has 2 amide bonds. The zero-order valence-electron chi connectivity index (χ0n) is 11.8. The minimum absolute atomic E-state index is 0.0467. The number of amides is 2. The fourth-order valence-electron chi connectivity index (χ4n) is 2.69. The van der Waals surface area contributed by atoms with Gasteiger partial charge in [0.1, 0.15) is 12.1 Å². The zero-order valence-corrected chi connectivity index (χ0v) is 11.8. The first-order chi connectivity index (χ1) is 8.36. The summed E-state index contributed by atoms with van der Waals surface area (Å²) in [5, 5.41) is 2.94. The van der Waals surface area contributed by atoms with Crippen LogP contribution >= 0.6 is 0 Å². The van der Waals surface area contributed by atoms with Gasteiger partial charge in [0, 0.05) is 6.54 Å². The van der Waals surface area contributed by atoms with E-state index < -0.39 is 0 Å². The molecule has 2 fully saturated rings. The van der Waals surface area contributed by atoms with E-state index in [2.05, 4.69) is 12.2 Å². The van der Waals surface area contributed by atoms with Gasteiger partial charge in [-0.2, -0.15) is 0 Å². The van der Waals surface area contributed by atoms with Crippen LogP contribution in [0.3, 0.4) is 0 Å². The molecule has 1 N–H and O–H groups in total. The molecule has 0 bridgehead atoms. The molecule has 2 unspecified atom stereocenters. The molecule has 4 nitrogen and oxygen atoms in total. The Morgan fingerprint density at radius 2 is 1.89 bits per heavy atom. The molecule has 0 aromatic heterocycles. The lowest BCUT2D eigenvalue weighted by atomic mass is 9.83. The molecule has 2 atom stereocenters. The van der Waals surface area contributed by atoms with Crippen molar-refractivity contribution < 1.29 is 9.59 Å². The van der Waals surface area contributed by atoms with Gasteiger partial charge in [-0.05, 0) is 30.6 Å². The van der Waals surface area contributed by atoms with Crippen molar-refractivity contribution in [3.63, 3.8) is 0 Å². The molecular formula is C14H24N2O2. The summed E-state index contributed by atoms with van der Waals surface area (Å²) < 4.78 is 0. The van der Waals surface area contributed by atoms with E-state index in [1.54, 1.807) is 0 Å². The molecule has 18 heavy (non-hydrogen) atoms. The molecule has 1 aliphatic carbocycles. The lowest BCUT2D eigenvalue weighted by molar-refractivity contribution is -0.153. The monoisotopic (exact) mass is 252 g/mol. The molecule has 0 radical (unpaired) electrons. The highest BCUT2D eigenvalue weighted by Gasteiger charge is 2.49. The lowest BCUT2D eigenvalue weighted by Crippen LogP contribution is -2.67. The highest BCUT2D eigenvalue weighted by atomic mass is 16.2. The number of carbonyl (C=O) groups is 2. The Balaban J connectivity index is 2.23. The van der Waals surface area contributed by atoms with Crippen molar-refractivity contribution in [2.24, 2.45) is 11.3 Å². The molecule has 0 aromatic rings. The first-order valence-corrected chi connectivity index (χ1v) is 6.97. The molecule has 4 heteroatoms. The van der Waals surface area contributed by atoms with Crippen LogP contribution in [0, 0.1) is 11.3 Å². The van der Waals surface area contributed by atoms with Crippen LogP contribution in [0.5, 0.6) is 0 Å². The highest BCUT2D eigenvalue weighted by molar-refractivity contribution is 5.97. The quantitative estimate of drug-likeness (QED) is 0.828. The number of carbonyl (C=O) groups excluding carboxylic acids is 2. The maximum atomic E-state index is 12.6. The second kappa shape index (κ2) is 4.56. The van der Waals surface area contributed by atoms with Gasteiger partial charge in [0.2, 0.25) is 11.8 Å².